The molecule has 282 valence electrons. The van der Waals surface area contributed by atoms with E-state index in [4.69, 9.17) is 4.42 Å². The van der Waals surface area contributed by atoms with Gasteiger partial charge in [0, 0.05) is 27.8 Å². The number of anilines is 3. The van der Waals surface area contributed by atoms with E-state index in [2.05, 4.69) is 229 Å². The molecular formula is C58H39NO. The Labute approximate surface area is 349 Å². The second-order valence-electron chi connectivity index (χ2n) is 15.3. The third kappa shape index (κ3) is 6.51. The van der Waals surface area contributed by atoms with Crippen molar-refractivity contribution in [3.05, 3.63) is 237 Å². The molecule has 0 spiro atoms. The Balaban J connectivity index is 1.00. The van der Waals surface area contributed by atoms with Gasteiger partial charge in [0.2, 0.25) is 0 Å². The monoisotopic (exact) mass is 765 g/mol. The Morgan fingerprint density at radius 2 is 0.767 bits per heavy atom. The number of hydrogen-bond acceptors (Lipinski definition) is 2. The highest BCUT2D eigenvalue weighted by Crippen LogP contribution is 2.41. The fourth-order valence-corrected chi connectivity index (χ4v) is 8.70. The standard InChI is InChI=1S/C58H39NO/c1-3-13-41(14-4-1)53-35-29-46(38-55(53)43-15-5-2-6-16-43)40-25-31-48(32-26-40)59(49-33-27-44(28-34-49)52-23-12-18-42-17-7-8-21-51(42)52)50-20-11-19-45(37-50)47-30-36-58-56(39-47)54-22-9-10-24-57(54)60-58/h1-39H. The molecule has 0 radical (unpaired) electrons. The predicted octanol–water partition coefficient (Wildman–Crippen LogP) is 16.5. The molecule has 0 aliphatic heterocycles. The van der Waals surface area contributed by atoms with Crippen molar-refractivity contribution in [2.75, 3.05) is 4.90 Å². The first-order chi connectivity index (χ1) is 29.7. The van der Waals surface area contributed by atoms with Crippen molar-refractivity contribution in [1.82, 2.24) is 0 Å². The summed E-state index contributed by atoms with van der Waals surface area (Å²) in [6.07, 6.45) is 0. The first kappa shape index (κ1) is 35.2. The van der Waals surface area contributed by atoms with E-state index in [1.54, 1.807) is 0 Å². The number of hydrogen-bond donors (Lipinski definition) is 0. The lowest BCUT2D eigenvalue weighted by Gasteiger charge is -2.26. The van der Waals surface area contributed by atoms with Gasteiger partial charge in [0.1, 0.15) is 11.2 Å². The maximum Gasteiger partial charge on any atom is 0.135 e. The van der Waals surface area contributed by atoms with Crippen LogP contribution in [-0.2, 0) is 0 Å². The van der Waals surface area contributed by atoms with Crippen LogP contribution in [-0.4, -0.2) is 0 Å². The highest BCUT2D eigenvalue weighted by molar-refractivity contribution is 6.06. The van der Waals surface area contributed by atoms with E-state index in [0.29, 0.717) is 0 Å². The fraction of sp³-hybridized carbons (Fsp3) is 0. The maximum absolute atomic E-state index is 6.17. The van der Waals surface area contributed by atoms with Crippen LogP contribution >= 0.6 is 0 Å². The van der Waals surface area contributed by atoms with Crippen molar-refractivity contribution in [1.29, 1.82) is 0 Å². The zero-order valence-corrected chi connectivity index (χ0v) is 32.9. The number of benzene rings is 10. The maximum atomic E-state index is 6.17. The predicted molar refractivity (Wildman–Crippen MR) is 253 cm³/mol. The largest absolute Gasteiger partial charge is 0.456 e. The van der Waals surface area contributed by atoms with E-state index >= 15 is 0 Å². The molecule has 2 heteroatoms. The number of furan rings is 1. The first-order valence-electron chi connectivity index (χ1n) is 20.5. The Kier molecular flexibility index (Phi) is 8.87. The summed E-state index contributed by atoms with van der Waals surface area (Å²) in [5.41, 5.74) is 16.9. The normalized spacial score (nSPS) is 11.3. The SMILES string of the molecule is c1ccc(-c2ccc(-c3ccc(N(c4ccc(-c5cccc6ccccc56)cc4)c4cccc(-c5ccc6oc7ccccc7c6c5)c4)cc3)cc2-c2ccccc2)cc1. The molecule has 0 atom stereocenters. The third-order valence-electron chi connectivity index (χ3n) is 11.7. The molecule has 0 fully saturated rings. The number of para-hydroxylation sites is 1. The van der Waals surface area contributed by atoms with Crippen molar-refractivity contribution >= 4 is 49.8 Å². The van der Waals surface area contributed by atoms with Gasteiger partial charge >= 0.3 is 0 Å². The minimum Gasteiger partial charge on any atom is -0.456 e. The number of rotatable bonds is 8. The topological polar surface area (TPSA) is 16.4 Å². The molecule has 0 N–H and O–H groups in total. The van der Waals surface area contributed by atoms with Crippen LogP contribution in [0.5, 0.6) is 0 Å². The van der Waals surface area contributed by atoms with Gasteiger partial charge in [-0.25, -0.2) is 0 Å². The van der Waals surface area contributed by atoms with Crippen LogP contribution in [0.1, 0.15) is 0 Å². The van der Waals surface area contributed by atoms with Crippen molar-refractivity contribution < 1.29 is 4.42 Å². The molecule has 1 aromatic heterocycles. The molecule has 0 saturated carbocycles. The summed E-state index contributed by atoms with van der Waals surface area (Å²) in [4.78, 5) is 2.36. The molecule has 0 bridgehead atoms. The summed E-state index contributed by atoms with van der Waals surface area (Å²) >= 11 is 0. The van der Waals surface area contributed by atoms with Gasteiger partial charge in [0.25, 0.3) is 0 Å². The summed E-state index contributed by atoms with van der Waals surface area (Å²) < 4.78 is 6.17. The fourth-order valence-electron chi connectivity index (χ4n) is 8.70. The average molecular weight is 766 g/mol. The van der Waals surface area contributed by atoms with Gasteiger partial charge in [-0.3, -0.25) is 0 Å². The molecule has 0 amide bonds. The van der Waals surface area contributed by atoms with Crippen LogP contribution in [0.4, 0.5) is 17.1 Å². The Morgan fingerprint density at radius 1 is 0.250 bits per heavy atom. The Bertz CT molecular complexity index is 3290. The van der Waals surface area contributed by atoms with Gasteiger partial charge in [0.05, 0.1) is 0 Å². The van der Waals surface area contributed by atoms with E-state index in [1.807, 2.05) is 12.1 Å². The number of fused-ring (bicyclic) bond motifs is 4. The van der Waals surface area contributed by atoms with Crippen molar-refractivity contribution in [2.24, 2.45) is 0 Å². The molecule has 10 aromatic carbocycles. The van der Waals surface area contributed by atoms with E-state index < -0.39 is 0 Å². The molecule has 2 nitrogen and oxygen atoms in total. The molecule has 1 heterocycles. The van der Waals surface area contributed by atoms with Crippen LogP contribution in [0.15, 0.2) is 241 Å². The molecule has 60 heavy (non-hydrogen) atoms. The van der Waals surface area contributed by atoms with Gasteiger partial charge < -0.3 is 9.32 Å². The van der Waals surface area contributed by atoms with Gasteiger partial charge in [0.15, 0.2) is 0 Å². The summed E-state index contributed by atoms with van der Waals surface area (Å²) in [6.45, 7) is 0. The molecular weight excluding hydrogens is 727 g/mol. The van der Waals surface area contributed by atoms with Gasteiger partial charge in [-0.2, -0.15) is 0 Å². The second-order valence-corrected chi connectivity index (χ2v) is 15.3. The zero-order chi connectivity index (χ0) is 39.8. The van der Waals surface area contributed by atoms with Crippen LogP contribution in [0.25, 0.3) is 88.3 Å². The van der Waals surface area contributed by atoms with Gasteiger partial charge in [-0.05, 0) is 127 Å². The Hall–Kier alpha value is -7.94. The van der Waals surface area contributed by atoms with E-state index in [-0.39, 0.29) is 0 Å². The first-order valence-corrected chi connectivity index (χ1v) is 20.5. The summed E-state index contributed by atoms with van der Waals surface area (Å²) in [6, 6.07) is 85.0. The average Bonchev–Trinajstić information content (AvgIpc) is 3.70. The van der Waals surface area contributed by atoms with Gasteiger partial charge in [-0.15, -0.1) is 0 Å². The highest BCUT2D eigenvalue weighted by Gasteiger charge is 2.17. The summed E-state index contributed by atoms with van der Waals surface area (Å²) in [7, 11) is 0. The smallest absolute Gasteiger partial charge is 0.135 e. The summed E-state index contributed by atoms with van der Waals surface area (Å²) in [5.74, 6) is 0. The highest BCUT2D eigenvalue weighted by atomic mass is 16.3. The molecule has 11 aromatic rings. The Morgan fingerprint density at radius 3 is 1.53 bits per heavy atom. The summed E-state index contributed by atoms with van der Waals surface area (Å²) in [5, 5.41) is 4.74. The van der Waals surface area contributed by atoms with Crippen molar-refractivity contribution in [3.63, 3.8) is 0 Å². The lowest BCUT2D eigenvalue weighted by atomic mass is 9.91. The van der Waals surface area contributed by atoms with E-state index in [0.717, 1.165) is 55.7 Å². The van der Waals surface area contributed by atoms with Crippen LogP contribution < -0.4 is 4.90 Å². The van der Waals surface area contributed by atoms with Crippen molar-refractivity contribution in [3.8, 4) is 55.6 Å². The van der Waals surface area contributed by atoms with Crippen molar-refractivity contribution in [2.45, 2.75) is 0 Å². The molecule has 11 rings (SSSR count). The quantitative estimate of drug-likeness (QED) is 0.153. The van der Waals surface area contributed by atoms with Crippen LogP contribution in [0.2, 0.25) is 0 Å². The minimum atomic E-state index is 0.898. The minimum absolute atomic E-state index is 0.898. The van der Waals surface area contributed by atoms with Crippen LogP contribution in [0.3, 0.4) is 0 Å². The third-order valence-corrected chi connectivity index (χ3v) is 11.7. The van der Waals surface area contributed by atoms with E-state index in [9.17, 15) is 0 Å². The molecule has 0 aliphatic rings. The molecule has 0 unspecified atom stereocenters. The molecule has 0 aliphatic carbocycles. The van der Waals surface area contributed by atoms with E-state index in [1.165, 1.54) is 49.7 Å². The lowest BCUT2D eigenvalue weighted by Crippen LogP contribution is -2.10. The van der Waals surface area contributed by atoms with Gasteiger partial charge in [-0.1, -0.05) is 176 Å². The number of nitrogens with zero attached hydrogens (tertiary/aromatic N) is 1. The molecule has 0 saturated heterocycles. The second kappa shape index (κ2) is 15.1. The van der Waals surface area contributed by atoms with Crippen LogP contribution in [0, 0.1) is 0 Å². The lowest BCUT2D eigenvalue weighted by molar-refractivity contribution is 0.669. The zero-order valence-electron chi connectivity index (χ0n) is 32.9.